The van der Waals surface area contributed by atoms with E-state index in [1.165, 1.54) is 6.07 Å². The number of aromatic carboxylic acids is 1. The van der Waals surface area contributed by atoms with Gasteiger partial charge in [-0.3, -0.25) is 0 Å². The summed E-state index contributed by atoms with van der Waals surface area (Å²) in [6.07, 6.45) is 0. The first-order valence-corrected chi connectivity index (χ1v) is 5.38. The third kappa shape index (κ3) is 1.55. The summed E-state index contributed by atoms with van der Waals surface area (Å²) in [6, 6.07) is 3.24. The molecule has 1 heterocycles. The van der Waals surface area contributed by atoms with Crippen LogP contribution in [0.1, 0.15) is 10.4 Å². The zero-order chi connectivity index (χ0) is 10.1. The molecule has 14 heavy (non-hydrogen) atoms. The molecule has 2 rings (SSSR count). The van der Waals surface area contributed by atoms with Crippen molar-refractivity contribution in [1.82, 2.24) is 0 Å². The van der Waals surface area contributed by atoms with Gasteiger partial charge in [0, 0.05) is 5.75 Å². The largest absolute Gasteiger partial charge is 0.490 e. The van der Waals surface area contributed by atoms with Gasteiger partial charge in [0.15, 0.2) is 5.75 Å². The summed E-state index contributed by atoms with van der Waals surface area (Å²) in [5, 5.41) is 9.02. The van der Waals surface area contributed by atoms with Crippen LogP contribution in [0.2, 0.25) is 5.02 Å². The normalized spacial score (nSPS) is 14.4. The molecule has 5 heteroatoms. The lowest BCUT2D eigenvalue weighted by atomic mass is 10.2. The summed E-state index contributed by atoms with van der Waals surface area (Å²) in [5.41, 5.74) is 0.0907. The summed E-state index contributed by atoms with van der Waals surface area (Å²) >= 11 is 7.52. The molecule has 1 aliphatic heterocycles. The molecule has 0 unspecified atom stereocenters. The second-order valence-corrected chi connectivity index (χ2v) is 4.27. The van der Waals surface area contributed by atoms with Gasteiger partial charge in [0.25, 0.3) is 0 Å². The number of halogens is 1. The van der Waals surface area contributed by atoms with Gasteiger partial charge in [-0.25, -0.2) is 4.79 Å². The summed E-state index contributed by atoms with van der Waals surface area (Å²) in [6.45, 7) is 0.570. The van der Waals surface area contributed by atoms with Crippen molar-refractivity contribution >= 4 is 29.3 Å². The zero-order valence-electron chi connectivity index (χ0n) is 7.12. The number of benzene rings is 1. The SMILES string of the molecule is O=C(O)c1ccc2c(c1Cl)OCCS2. The molecule has 1 N–H and O–H groups in total. The third-order valence-electron chi connectivity index (χ3n) is 1.88. The molecule has 0 amide bonds. The maximum Gasteiger partial charge on any atom is 0.337 e. The fourth-order valence-corrected chi connectivity index (χ4v) is 2.45. The first kappa shape index (κ1) is 9.68. The van der Waals surface area contributed by atoms with Crippen LogP contribution >= 0.6 is 23.4 Å². The fourth-order valence-electron chi connectivity index (χ4n) is 1.25. The lowest BCUT2D eigenvalue weighted by molar-refractivity contribution is 0.0696. The Morgan fingerprint density at radius 3 is 3.07 bits per heavy atom. The van der Waals surface area contributed by atoms with Crippen LogP contribution in [0, 0.1) is 0 Å². The highest BCUT2D eigenvalue weighted by Gasteiger charge is 2.20. The summed E-state index contributed by atoms with van der Waals surface area (Å²) in [4.78, 5) is 11.7. The minimum atomic E-state index is -1.03. The van der Waals surface area contributed by atoms with E-state index in [0.29, 0.717) is 12.4 Å². The predicted molar refractivity (Wildman–Crippen MR) is 54.6 cm³/mol. The van der Waals surface area contributed by atoms with E-state index in [0.717, 1.165) is 10.6 Å². The van der Waals surface area contributed by atoms with E-state index < -0.39 is 5.97 Å². The number of hydrogen-bond acceptors (Lipinski definition) is 3. The van der Waals surface area contributed by atoms with Gasteiger partial charge in [0.1, 0.15) is 0 Å². The zero-order valence-corrected chi connectivity index (χ0v) is 8.69. The number of ether oxygens (including phenoxy) is 1. The number of carboxylic acid groups (broad SMARTS) is 1. The van der Waals surface area contributed by atoms with E-state index in [4.69, 9.17) is 21.4 Å². The van der Waals surface area contributed by atoms with Crippen molar-refractivity contribution in [1.29, 1.82) is 0 Å². The highest BCUT2D eigenvalue weighted by molar-refractivity contribution is 7.99. The molecule has 74 valence electrons. The van der Waals surface area contributed by atoms with Crippen molar-refractivity contribution < 1.29 is 14.6 Å². The Morgan fingerprint density at radius 1 is 1.57 bits per heavy atom. The van der Waals surface area contributed by atoms with Crippen LogP contribution in [0.5, 0.6) is 5.75 Å². The molecule has 0 saturated carbocycles. The van der Waals surface area contributed by atoms with E-state index in [9.17, 15) is 4.79 Å². The van der Waals surface area contributed by atoms with E-state index in [-0.39, 0.29) is 10.6 Å². The highest BCUT2D eigenvalue weighted by atomic mass is 35.5. The van der Waals surface area contributed by atoms with Crippen molar-refractivity contribution in [2.75, 3.05) is 12.4 Å². The summed E-state index contributed by atoms with van der Waals surface area (Å²) in [5.74, 6) is 0.343. The molecule has 0 spiro atoms. The number of hydrogen-bond donors (Lipinski definition) is 1. The molecular weight excluding hydrogens is 224 g/mol. The molecule has 0 fully saturated rings. The fraction of sp³-hybridized carbons (Fsp3) is 0.222. The van der Waals surface area contributed by atoms with Crippen molar-refractivity contribution in [3.05, 3.63) is 22.7 Å². The van der Waals surface area contributed by atoms with Gasteiger partial charge in [0.05, 0.1) is 22.1 Å². The van der Waals surface area contributed by atoms with Gasteiger partial charge in [-0.1, -0.05) is 11.6 Å². The quantitative estimate of drug-likeness (QED) is 0.805. The maximum atomic E-state index is 10.8. The minimum absolute atomic E-state index is 0.0907. The molecule has 1 aromatic carbocycles. The predicted octanol–water partition coefficient (Wildman–Crippen LogP) is 2.52. The standard InChI is InChI=1S/C9H7ClO3S/c10-7-5(9(11)12)1-2-6-8(7)13-3-4-14-6/h1-2H,3-4H2,(H,11,12). The molecule has 1 aromatic rings. The van der Waals surface area contributed by atoms with Gasteiger partial charge in [-0.2, -0.15) is 0 Å². The minimum Gasteiger partial charge on any atom is -0.490 e. The van der Waals surface area contributed by atoms with Gasteiger partial charge < -0.3 is 9.84 Å². The van der Waals surface area contributed by atoms with E-state index >= 15 is 0 Å². The van der Waals surface area contributed by atoms with Crippen LogP contribution in [0.3, 0.4) is 0 Å². The van der Waals surface area contributed by atoms with Crippen molar-refractivity contribution in [3.63, 3.8) is 0 Å². The molecule has 0 saturated heterocycles. The Morgan fingerprint density at radius 2 is 2.36 bits per heavy atom. The Balaban J connectivity index is 2.54. The third-order valence-corrected chi connectivity index (χ3v) is 3.26. The van der Waals surface area contributed by atoms with E-state index in [2.05, 4.69) is 0 Å². The first-order valence-electron chi connectivity index (χ1n) is 4.01. The summed E-state index contributed by atoms with van der Waals surface area (Å²) in [7, 11) is 0. The Labute approximate surface area is 90.0 Å². The number of rotatable bonds is 1. The number of carboxylic acids is 1. The molecule has 0 aliphatic carbocycles. The van der Waals surface area contributed by atoms with Crippen LogP contribution in [-0.2, 0) is 0 Å². The van der Waals surface area contributed by atoms with Crippen LogP contribution in [-0.4, -0.2) is 23.4 Å². The Hall–Kier alpha value is -0.870. The molecule has 1 aliphatic rings. The smallest absolute Gasteiger partial charge is 0.337 e. The number of fused-ring (bicyclic) bond motifs is 1. The molecule has 3 nitrogen and oxygen atoms in total. The highest BCUT2D eigenvalue weighted by Crippen LogP contribution is 2.40. The maximum absolute atomic E-state index is 10.8. The Bertz CT molecular complexity index is 392. The van der Waals surface area contributed by atoms with Crippen molar-refractivity contribution in [3.8, 4) is 5.75 Å². The second kappa shape index (κ2) is 3.71. The lowest BCUT2D eigenvalue weighted by Gasteiger charge is -2.18. The van der Waals surface area contributed by atoms with Crippen LogP contribution in [0.25, 0.3) is 0 Å². The monoisotopic (exact) mass is 230 g/mol. The summed E-state index contributed by atoms with van der Waals surface area (Å²) < 4.78 is 5.33. The van der Waals surface area contributed by atoms with Crippen LogP contribution in [0.4, 0.5) is 0 Å². The molecule has 0 bridgehead atoms. The number of carbonyl (C=O) groups is 1. The van der Waals surface area contributed by atoms with Crippen LogP contribution < -0.4 is 4.74 Å². The van der Waals surface area contributed by atoms with Gasteiger partial charge in [-0.05, 0) is 12.1 Å². The average molecular weight is 231 g/mol. The van der Waals surface area contributed by atoms with E-state index in [1.807, 2.05) is 0 Å². The van der Waals surface area contributed by atoms with E-state index in [1.54, 1.807) is 17.8 Å². The molecule has 0 aromatic heterocycles. The number of thioether (sulfide) groups is 1. The first-order chi connectivity index (χ1) is 6.70. The van der Waals surface area contributed by atoms with Crippen molar-refractivity contribution in [2.45, 2.75) is 4.90 Å². The second-order valence-electron chi connectivity index (χ2n) is 2.76. The lowest BCUT2D eigenvalue weighted by Crippen LogP contribution is -2.09. The molecule has 0 atom stereocenters. The van der Waals surface area contributed by atoms with Gasteiger partial charge >= 0.3 is 5.97 Å². The van der Waals surface area contributed by atoms with Crippen LogP contribution in [0.15, 0.2) is 17.0 Å². The molecule has 0 radical (unpaired) electrons. The van der Waals surface area contributed by atoms with Crippen molar-refractivity contribution in [2.24, 2.45) is 0 Å². The van der Waals surface area contributed by atoms with Gasteiger partial charge in [0.2, 0.25) is 0 Å². The van der Waals surface area contributed by atoms with Gasteiger partial charge in [-0.15, -0.1) is 11.8 Å². The Kier molecular flexibility index (Phi) is 2.56. The molecular formula is C9H7ClO3S. The average Bonchev–Trinajstić information content (AvgIpc) is 2.18. The topological polar surface area (TPSA) is 46.5 Å².